The third-order valence-corrected chi connectivity index (χ3v) is 3.34. The molecule has 1 aromatic carbocycles. The molecule has 0 amide bonds. The molecule has 0 aliphatic carbocycles. The van der Waals surface area contributed by atoms with Gasteiger partial charge in [-0.2, -0.15) is 0 Å². The van der Waals surface area contributed by atoms with E-state index in [9.17, 15) is 4.79 Å². The van der Waals surface area contributed by atoms with Gasteiger partial charge in [-0.1, -0.05) is 0 Å². The van der Waals surface area contributed by atoms with E-state index in [1.54, 1.807) is 32.2 Å². The van der Waals surface area contributed by atoms with Crippen LogP contribution in [0.2, 0.25) is 0 Å². The van der Waals surface area contributed by atoms with E-state index in [-0.39, 0.29) is 0 Å². The van der Waals surface area contributed by atoms with Crippen LogP contribution in [0, 0.1) is 0 Å². The van der Waals surface area contributed by atoms with Gasteiger partial charge in [0, 0.05) is 5.56 Å². The summed E-state index contributed by atoms with van der Waals surface area (Å²) in [7, 11) is 1.57. The highest BCUT2D eigenvalue weighted by Crippen LogP contribution is 2.43. The van der Waals surface area contributed by atoms with Gasteiger partial charge in [-0.3, -0.25) is 0 Å². The topological polar surface area (TPSA) is 63.2 Å². The van der Waals surface area contributed by atoms with Crippen molar-refractivity contribution in [3.05, 3.63) is 35.6 Å². The molecule has 2 aliphatic rings. The second-order valence-electron chi connectivity index (χ2n) is 4.53. The molecule has 112 valence electrons. The van der Waals surface area contributed by atoms with E-state index < -0.39 is 11.9 Å². The number of carbonyl (C=O) groups is 1. The van der Waals surface area contributed by atoms with Crippen LogP contribution in [0.3, 0.4) is 0 Å². The zero-order valence-corrected chi connectivity index (χ0v) is 11.9. The summed E-state index contributed by atoms with van der Waals surface area (Å²) in [5.41, 5.74) is 1.59. The summed E-state index contributed by atoms with van der Waals surface area (Å²) < 4.78 is 27.0. The Balaban J connectivity index is 2.08. The second kappa shape index (κ2) is 5.38. The van der Waals surface area contributed by atoms with Gasteiger partial charge in [0.2, 0.25) is 0 Å². The molecule has 1 saturated heterocycles. The van der Waals surface area contributed by atoms with Crippen molar-refractivity contribution in [2.45, 2.75) is 12.9 Å². The number of hydrogen-bond acceptors (Lipinski definition) is 6. The molecule has 0 unspecified atom stereocenters. The van der Waals surface area contributed by atoms with Crippen molar-refractivity contribution in [3.8, 4) is 5.75 Å². The quantitative estimate of drug-likeness (QED) is 0.791. The van der Waals surface area contributed by atoms with Crippen molar-refractivity contribution >= 4 is 11.5 Å². The van der Waals surface area contributed by atoms with Crippen molar-refractivity contribution in [3.63, 3.8) is 0 Å². The minimum atomic E-state index is -1.31. The Bertz CT molecular complexity index is 586. The minimum absolute atomic E-state index is 0.291. The van der Waals surface area contributed by atoms with E-state index in [1.165, 1.54) is 6.26 Å². The first-order valence-corrected chi connectivity index (χ1v) is 6.72. The number of rotatable bonds is 3. The molecule has 0 saturated carbocycles. The number of carbonyl (C=O) groups excluding carboxylic acids is 1. The number of methoxy groups -OCH3 is 1. The largest absolute Gasteiger partial charge is 0.497 e. The van der Waals surface area contributed by atoms with Crippen molar-refractivity contribution in [1.82, 2.24) is 0 Å². The number of ether oxygens (including phenoxy) is 5. The van der Waals surface area contributed by atoms with Gasteiger partial charge >= 0.3 is 11.9 Å². The molecule has 1 fully saturated rings. The highest BCUT2D eigenvalue weighted by Gasteiger charge is 2.46. The van der Waals surface area contributed by atoms with Crippen LogP contribution >= 0.6 is 0 Å². The van der Waals surface area contributed by atoms with E-state index in [1.807, 2.05) is 0 Å². The third-order valence-electron chi connectivity index (χ3n) is 3.34. The van der Waals surface area contributed by atoms with Crippen molar-refractivity contribution in [2.24, 2.45) is 0 Å². The Kier molecular flexibility index (Phi) is 3.57. The van der Waals surface area contributed by atoms with Crippen LogP contribution in [0.4, 0.5) is 0 Å². The summed E-state index contributed by atoms with van der Waals surface area (Å²) in [6, 6.07) is 5.28. The molecule has 6 heteroatoms. The number of hydrogen-bond donors (Lipinski definition) is 0. The van der Waals surface area contributed by atoms with Gasteiger partial charge in [0.05, 0.1) is 32.5 Å². The molecule has 6 nitrogen and oxygen atoms in total. The Hall–Kier alpha value is -2.05. The van der Waals surface area contributed by atoms with E-state index in [4.69, 9.17) is 23.7 Å². The van der Waals surface area contributed by atoms with Gasteiger partial charge in [0.1, 0.15) is 17.6 Å². The zero-order chi connectivity index (χ0) is 14.9. The fourth-order valence-electron chi connectivity index (χ4n) is 2.39. The first-order chi connectivity index (χ1) is 10.2. The molecule has 1 aromatic rings. The third kappa shape index (κ3) is 2.26. The molecular formula is C15H16O6. The summed E-state index contributed by atoms with van der Waals surface area (Å²) >= 11 is 0. The van der Waals surface area contributed by atoms with Crippen LogP contribution in [0.5, 0.6) is 5.75 Å². The molecule has 21 heavy (non-hydrogen) atoms. The zero-order valence-electron chi connectivity index (χ0n) is 11.9. The monoisotopic (exact) mass is 292 g/mol. The number of esters is 1. The lowest BCUT2D eigenvalue weighted by Crippen LogP contribution is -2.33. The Morgan fingerprint density at radius 2 is 2.10 bits per heavy atom. The Labute approximate surface area is 122 Å². The maximum absolute atomic E-state index is 12.0. The van der Waals surface area contributed by atoms with Crippen molar-refractivity contribution in [2.75, 3.05) is 26.9 Å². The molecule has 2 aliphatic heterocycles. The molecule has 0 atom stereocenters. The average Bonchev–Trinajstić information content (AvgIpc) is 2.97. The fourth-order valence-corrected chi connectivity index (χ4v) is 2.39. The van der Waals surface area contributed by atoms with E-state index >= 15 is 0 Å². The van der Waals surface area contributed by atoms with Crippen molar-refractivity contribution < 1.29 is 28.5 Å². The standard InChI is InChI=1S/C15H16O6/c1-3-18-14(16)12-9-21-15(19-6-7-20-15)13-8-10(17-2)4-5-11(12)13/h4-5,8-9H,3,6-7H2,1-2H3. The highest BCUT2D eigenvalue weighted by atomic mass is 16.9. The average molecular weight is 292 g/mol. The number of fused-ring (bicyclic) bond motifs is 2. The van der Waals surface area contributed by atoms with Gasteiger partial charge in [-0.25, -0.2) is 4.79 Å². The van der Waals surface area contributed by atoms with Crippen LogP contribution < -0.4 is 4.74 Å². The summed E-state index contributed by atoms with van der Waals surface area (Å²) in [4.78, 5) is 12.0. The van der Waals surface area contributed by atoms with E-state index in [0.29, 0.717) is 42.3 Å². The van der Waals surface area contributed by atoms with Crippen LogP contribution in [0.25, 0.3) is 5.57 Å². The summed E-state index contributed by atoms with van der Waals surface area (Å²) in [6.07, 6.45) is 1.33. The van der Waals surface area contributed by atoms with Gasteiger partial charge in [0.15, 0.2) is 0 Å². The SMILES string of the molecule is CCOC(=O)C1=COC2(OCCO2)c2cc(OC)ccc21. The van der Waals surface area contributed by atoms with Crippen molar-refractivity contribution in [1.29, 1.82) is 0 Å². The minimum Gasteiger partial charge on any atom is -0.497 e. The van der Waals surface area contributed by atoms with Crippen LogP contribution in [0.1, 0.15) is 18.1 Å². The molecule has 0 bridgehead atoms. The van der Waals surface area contributed by atoms with E-state index in [2.05, 4.69) is 0 Å². The van der Waals surface area contributed by atoms with Crippen LogP contribution in [-0.4, -0.2) is 32.9 Å². The van der Waals surface area contributed by atoms with Gasteiger partial charge in [0.25, 0.3) is 0 Å². The second-order valence-corrected chi connectivity index (χ2v) is 4.53. The Morgan fingerprint density at radius 1 is 1.33 bits per heavy atom. The van der Waals surface area contributed by atoms with E-state index in [0.717, 1.165) is 0 Å². The van der Waals surface area contributed by atoms with Crippen LogP contribution in [0.15, 0.2) is 24.5 Å². The maximum Gasteiger partial charge on any atom is 0.356 e. The molecule has 1 spiro atoms. The number of benzene rings is 1. The fraction of sp³-hybridized carbons (Fsp3) is 0.400. The lowest BCUT2D eigenvalue weighted by molar-refractivity contribution is -0.320. The maximum atomic E-state index is 12.0. The van der Waals surface area contributed by atoms with Crippen LogP contribution in [-0.2, 0) is 29.7 Å². The molecule has 0 radical (unpaired) electrons. The summed E-state index contributed by atoms with van der Waals surface area (Å²) in [5, 5.41) is 0. The van der Waals surface area contributed by atoms with Gasteiger partial charge < -0.3 is 23.7 Å². The first kappa shape index (κ1) is 13.9. The first-order valence-electron chi connectivity index (χ1n) is 6.72. The Morgan fingerprint density at radius 3 is 2.76 bits per heavy atom. The predicted molar refractivity (Wildman–Crippen MR) is 72.3 cm³/mol. The molecule has 0 aromatic heterocycles. The highest BCUT2D eigenvalue weighted by molar-refractivity contribution is 6.17. The lowest BCUT2D eigenvalue weighted by Gasteiger charge is -2.32. The molecule has 2 heterocycles. The lowest BCUT2D eigenvalue weighted by atomic mass is 9.96. The smallest absolute Gasteiger partial charge is 0.356 e. The molecular weight excluding hydrogens is 276 g/mol. The van der Waals surface area contributed by atoms with Gasteiger partial charge in [-0.05, 0) is 25.1 Å². The normalized spacial score (nSPS) is 18.7. The summed E-state index contributed by atoms with van der Waals surface area (Å²) in [5.74, 6) is -1.13. The summed E-state index contributed by atoms with van der Waals surface area (Å²) in [6.45, 7) is 2.88. The van der Waals surface area contributed by atoms with Gasteiger partial charge in [-0.15, -0.1) is 0 Å². The molecule has 0 N–H and O–H groups in total. The molecule has 3 rings (SSSR count). The predicted octanol–water partition coefficient (Wildman–Crippen LogP) is 1.79.